The predicted octanol–water partition coefficient (Wildman–Crippen LogP) is 3.50. The molecule has 0 spiro atoms. The van der Waals surface area contributed by atoms with Crippen molar-refractivity contribution >= 4 is 39.8 Å². The Labute approximate surface area is 277 Å². The van der Waals surface area contributed by atoms with Gasteiger partial charge in [0.1, 0.15) is 12.7 Å². The fourth-order valence-electron chi connectivity index (χ4n) is 4.56. The smallest absolute Gasteiger partial charge is 0.303 e. The number of ether oxygens (including phenoxy) is 5. The molecule has 2 aromatic rings. The topological polar surface area (TPSA) is 135 Å². The molecule has 1 saturated heterocycles. The van der Waals surface area contributed by atoms with E-state index in [1.807, 2.05) is 24.3 Å². The number of hydrogen-bond donors (Lipinski definition) is 1. The van der Waals surface area contributed by atoms with E-state index < -0.39 is 60.7 Å². The molecule has 1 heterocycles. The summed E-state index contributed by atoms with van der Waals surface area (Å²) in [4.78, 5) is 47.9. The van der Waals surface area contributed by atoms with E-state index in [-0.39, 0.29) is 43.3 Å². The molecule has 2 aromatic carbocycles. The van der Waals surface area contributed by atoms with Gasteiger partial charge in [-0.05, 0) is 41.7 Å². The van der Waals surface area contributed by atoms with E-state index in [4.69, 9.17) is 23.7 Å². The number of aryl methyl sites for hydroxylation is 1. The van der Waals surface area contributed by atoms with Crippen LogP contribution in [0.2, 0.25) is 0 Å². The summed E-state index contributed by atoms with van der Waals surface area (Å²) in [6, 6.07) is 13.1. The van der Waals surface area contributed by atoms with Crippen LogP contribution in [0.25, 0.3) is 0 Å². The first kappa shape index (κ1) is 35.2. The van der Waals surface area contributed by atoms with Crippen molar-refractivity contribution in [3.8, 4) is 0 Å². The summed E-state index contributed by atoms with van der Waals surface area (Å²) in [5.74, 6) is -5.40. The van der Waals surface area contributed by atoms with Gasteiger partial charge in [-0.3, -0.25) is 19.2 Å². The van der Waals surface area contributed by atoms with Gasteiger partial charge in [0, 0.05) is 75.5 Å². The zero-order valence-electron chi connectivity index (χ0n) is 23.3. The SMILES string of the molecule is CCc1ccc(Cc2cc([C@@]3(O)O[C@H](COC(C)=O)[C@@H](OC(C)=O)[C@H](OC(C)=O)[C@H]3OC(C)=O)ccc2Br)cc1.[Ar]. The van der Waals surface area contributed by atoms with Crippen LogP contribution in [-0.2, 0) is 61.5 Å². The van der Waals surface area contributed by atoms with Crippen molar-refractivity contribution in [3.05, 3.63) is 69.2 Å². The van der Waals surface area contributed by atoms with Crippen LogP contribution < -0.4 is 0 Å². The Kier molecular flexibility index (Phi) is 13.3. The Morgan fingerprint density at radius 1 is 0.854 bits per heavy atom. The Morgan fingerprint density at radius 2 is 1.41 bits per heavy atom. The normalized spacial score (nSPS) is 23.5. The van der Waals surface area contributed by atoms with Gasteiger partial charge in [0.2, 0.25) is 11.9 Å². The third kappa shape index (κ3) is 9.23. The number of carbonyl (C=O) groups excluding carboxylic acids is 4. The molecule has 3 rings (SSSR count). The summed E-state index contributed by atoms with van der Waals surface area (Å²) in [5, 5.41) is 12.1. The Morgan fingerprint density at radius 3 is 1.95 bits per heavy atom. The molecule has 41 heavy (non-hydrogen) atoms. The number of aliphatic hydroxyl groups is 1. The molecule has 0 unspecified atom stereocenters. The number of carbonyl (C=O) groups is 4. The maximum absolute atomic E-state index is 12.2. The third-order valence-electron chi connectivity index (χ3n) is 6.34. The van der Waals surface area contributed by atoms with E-state index in [0.717, 1.165) is 42.8 Å². The molecule has 0 aromatic heterocycles. The van der Waals surface area contributed by atoms with E-state index in [1.165, 1.54) is 12.5 Å². The Hall–Kier alpha value is -2.02. The number of benzene rings is 2. The molecule has 10 nitrogen and oxygen atoms in total. The summed E-state index contributed by atoms with van der Waals surface area (Å²) in [7, 11) is 0. The van der Waals surface area contributed by atoms with E-state index in [0.29, 0.717) is 6.42 Å². The van der Waals surface area contributed by atoms with Gasteiger partial charge < -0.3 is 28.8 Å². The van der Waals surface area contributed by atoms with Crippen LogP contribution in [0.5, 0.6) is 0 Å². The molecule has 1 aliphatic rings. The van der Waals surface area contributed by atoms with Crippen molar-refractivity contribution in [3.63, 3.8) is 0 Å². The van der Waals surface area contributed by atoms with Gasteiger partial charge in [0.05, 0.1) is 0 Å². The molecular formula is C29H33ArBrO10. The summed E-state index contributed by atoms with van der Waals surface area (Å²) in [6.45, 7) is 6.16. The number of hydrogen-bond acceptors (Lipinski definition) is 10. The minimum Gasteiger partial charge on any atom is -0.463 e. The maximum atomic E-state index is 12.2. The molecular weight excluding hydrogens is 628 g/mol. The second kappa shape index (κ2) is 15.4. The quantitative estimate of drug-likeness (QED) is 0.315. The first-order valence-corrected chi connectivity index (χ1v) is 13.5. The monoisotopic (exact) mass is 660 g/mol. The molecule has 0 saturated carbocycles. The largest absolute Gasteiger partial charge is 0.463 e. The average Bonchev–Trinajstić information content (AvgIpc) is 2.87. The third-order valence-corrected chi connectivity index (χ3v) is 7.11. The summed E-state index contributed by atoms with van der Waals surface area (Å²) < 4.78 is 28.2. The zero-order valence-corrected chi connectivity index (χ0v) is 25.6. The minimum absolute atomic E-state index is 0. The van der Waals surface area contributed by atoms with Gasteiger partial charge in [-0.25, -0.2) is 0 Å². The van der Waals surface area contributed by atoms with Crippen LogP contribution >= 0.6 is 15.9 Å². The number of esters is 4. The van der Waals surface area contributed by atoms with Crippen molar-refractivity contribution in [1.29, 1.82) is 0 Å². The van der Waals surface area contributed by atoms with Crippen LogP contribution in [0, 0.1) is 37.7 Å². The van der Waals surface area contributed by atoms with Crippen molar-refractivity contribution in [2.75, 3.05) is 6.61 Å². The molecule has 0 amide bonds. The van der Waals surface area contributed by atoms with E-state index in [1.54, 1.807) is 18.2 Å². The van der Waals surface area contributed by atoms with Crippen molar-refractivity contribution in [2.24, 2.45) is 0 Å². The van der Waals surface area contributed by atoms with Crippen molar-refractivity contribution in [2.45, 2.75) is 77.7 Å². The van der Waals surface area contributed by atoms with Gasteiger partial charge in [0.15, 0.2) is 12.2 Å². The summed E-state index contributed by atoms with van der Waals surface area (Å²) >= 11 is 3.55. The van der Waals surface area contributed by atoms with Gasteiger partial charge >= 0.3 is 23.9 Å². The standard InChI is InChI=1S/C29H33BrO10.Ar/c1-6-20-7-9-21(10-8-20)13-22-14-23(11-12-24(22)30)29(35)28(39-19(5)34)27(38-18(4)33)26(37-17(3)32)25(40-29)15-36-16(2)31;/h7-12,14,25-28,35H,6,13,15H2,1-5H3;/t25-,26-,27+,28-,29-;/m1./s1. The van der Waals surface area contributed by atoms with Crippen LogP contribution in [0.4, 0.5) is 0 Å². The molecule has 12 heteroatoms. The number of rotatable bonds is 9. The number of halogens is 1. The average molecular weight is 661 g/mol. The molecule has 0 radical (unpaired) electrons. The first-order chi connectivity index (χ1) is 18.8. The fraction of sp³-hybridized carbons (Fsp3) is 0.448. The molecule has 5 atom stereocenters. The van der Waals surface area contributed by atoms with Crippen molar-refractivity contribution in [1.82, 2.24) is 0 Å². The Balaban J connectivity index is 0.00000588. The van der Waals surface area contributed by atoms with Crippen LogP contribution in [-0.4, -0.2) is 60.0 Å². The second-order valence-corrected chi connectivity index (χ2v) is 10.3. The van der Waals surface area contributed by atoms with E-state index in [2.05, 4.69) is 22.9 Å². The van der Waals surface area contributed by atoms with E-state index in [9.17, 15) is 24.3 Å². The molecule has 1 aliphatic heterocycles. The van der Waals surface area contributed by atoms with Gasteiger partial charge in [-0.1, -0.05) is 53.2 Å². The predicted molar refractivity (Wildman–Crippen MR) is 145 cm³/mol. The fourth-order valence-corrected chi connectivity index (χ4v) is 4.95. The summed E-state index contributed by atoms with van der Waals surface area (Å²) in [5.41, 5.74) is 3.17. The molecule has 0 bridgehead atoms. The van der Waals surface area contributed by atoms with Gasteiger partial charge in [-0.15, -0.1) is 0 Å². The van der Waals surface area contributed by atoms with E-state index >= 15 is 0 Å². The first-order valence-electron chi connectivity index (χ1n) is 12.8. The van der Waals surface area contributed by atoms with Gasteiger partial charge in [-0.2, -0.15) is 0 Å². The Bertz CT molecular complexity index is 1250. The molecule has 224 valence electrons. The van der Waals surface area contributed by atoms with Crippen molar-refractivity contribution < 1.29 is 85.7 Å². The molecule has 1 N–H and O–H groups in total. The van der Waals surface area contributed by atoms with Crippen LogP contribution in [0.1, 0.15) is 56.9 Å². The molecule has 0 aliphatic carbocycles. The van der Waals surface area contributed by atoms with Gasteiger partial charge in [0.25, 0.3) is 0 Å². The zero-order chi connectivity index (χ0) is 29.6. The van der Waals surface area contributed by atoms with Crippen LogP contribution in [0.3, 0.4) is 0 Å². The molecule has 1 fully saturated rings. The maximum Gasteiger partial charge on any atom is 0.303 e. The van der Waals surface area contributed by atoms with Crippen LogP contribution in [0.15, 0.2) is 46.9 Å². The second-order valence-electron chi connectivity index (χ2n) is 9.49. The minimum atomic E-state index is -2.39. The summed E-state index contributed by atoms with van der Waals surface area (Å²) in [6.07, 6.45) is -4.41.